The van der Waals surface area contributed by atoms with Crippen molar-refractivity contribution in [2.24, 2.45) is 0 Å². The Bertz CT molecular complexity index is 952. The van der Waals surface area contributed by atoms with Crippen LogP contribution in [0, 0.1) is 10.1 Å². The van der Waals surface area contributed by atoms with Gasteiger partial charge in [-0.2, -0.15) is 0 Å². The summed E-state index contributed by atoms with van der Waals surface area (Å²) in [5.74, 6) is 0.0269. The van der Waals surface area contributed by atoms with Gasteiger partial charge in [0.2, 0.25) is 0 Å². The highest BCUT2D eigenvalue weighted by molar-refractivity contribution is 6.36. The van der Waals surface area contributed by atoms with Crippen molar-refractivity contribution in [1.29, 1.82) is 0 Å². The Morgan fingerprint density at radius 3 is 2.40 bits per heavy atom. The lowest BCUT2D eigenvalue weighted by atomic mass is 10.1. The minimum atomic E-state index is -0.485. The third-order valence-electron chi connectivity index (χ3n) is 3.37. The number of halogens is 2. The van der Waals surface area contributed by atoms with Crippen LogP contribution >= 0.6 is 23.2 Å². The highest BCUT2D eigenvalue weighted by Gasteiger charge is 2.15. The lowest BCUT2D eigenvalue weighted by molar-refractivity contribution is -0.384. The van der Waals surface area contributed by atoms with Crippen LogP contribution < -0.4 is 5.32 Å². The molecule has 0 fully saturated rings. The summed E-state index contributed by atoms with van der Waals surface area (Å²) in [6.45, 7) is 0. The molecule has 0 aliphatic heterocycles. The summed E-state index contributed by atoms with van der Waals surface area (Å²) in [7, 11) is 0. The normalized spacial score (nSPS) is 10.5. The van der Waals surface area contributed by atoms with Crippen LogP contribution in [0.5, 0.6) is 0 Å². The van der Waals surface area contributed by atoms with Gasteiger partial charge >= 0.3 is 0 Å². The Morgan fingerprint density at radius 1 is 1.04 bits per heavy atom. The number of furan rings is 1. The third kappa shape index (κ3) is 3.81. The molecule has 3 aromatic rings. The van der Waals surface area contributed by atoms with Crippen LogP contribution in [0.2, 0.25) is 10.0 Å². The van der Waals surface area contributed by atoms with E-state index in [2.05, 4.69) is 5.32 Å². The average molecular weight is 377 g/mol. The van der Waals surface area contributed by atoms with Gasteiger partial charge in [0.15, 0.2) is 5.76 Å². The van der Waals surface area contributed by atoms with E-state index in [0.717, 1.165) is 0 Å². The molecule has 0 aliphatic rings. The number of benzene rings is 2. The Balaban J connectivity index is 1.78. The standard InChI is InChI=1S/C17H10Cl2N2O4/c18-11-3-6-14(13(19)9-11)20-17(22)16-8-7-15(25-16)10-1-4-12(5-2-10)21(23)24/h1-9H,(H,20,22). The molecular formula is C17H10Cl2N2O4. The first-order valence-electron chi connectivity index (χ1n) is 7.05. The number of nitrogens with one attached hydrogen (secondary N) is 1. The second-order valence-corrected chi connectivity index (χ2v) is 5.89. The van der Waals surface area contributed by atoms with Crippen molar-refractivity contribution in [3.05, 3.63) is 80.5 Å². The Morgan fingerprint density at radius 2 is 1.76 bits per heavy atom. The first-order chi connectivity index (χ1) is 11.9. The number of nitro benzene ring substituents is 1. The molecule has 0 unspecified atom stereocenters. The topological polar surface area (TPSA) is 85.4 Å². The molecule has 0 atom stereocenters. The molecule has 25 heavy (non-hydrogen) atoms. The number of non-ortho nitro benzene ring substituents is 1. The van der Waals surface area contributed by atoms with Crippen molar-refractivity contribution in [2.45, 2.75) is 0 Å². The van der Waals surface area contributed by atoms with Crippen molar-refractivity contribution >= 4 is 40.5 Å². The first kappa shape index (κ1) is 17.0. The van der Waals surface area contributed by atoms with Crippen molar-refractivity contribution in [3.8, 4) is 11.3 Å². The van der Waals surface area contributed by atoms with E-state index in [1.807, 2.05) is 0 Å². The van der Waals surface area contributed by atoms with Crippen molar-refractivity contribution in [1.82, 2.24) is 0 Å². The first-order valence-corrected chi connectivity index (χ1v) is 7.81. The Hall–Kier alpha value is -2.83. The zero-order valence-corrected chi connectivity index (χ0v) is 14.0. The molecule has 1 amide bonds. The molecule has 6 nitrogen and oxygen atoms in total. The van der Waals surface area contributed by atoms with E-state index in [1.54, 1.807) is 30.3 Å². The van der Waals surface area contributed by atoms with Crippen LogP contribution in [0.1, 0.15) is 10.6 Å². The van der Waals surface area contributed by atoms with Crippen LogP contribution in [-0.2, 0) is 0 Å². The van der Waals surface area contributed by atoms with Crippen LogP contribution in [0.4, 0.5) is 11.4 Å². The van der Waals surface area contributed by atoms with Gasteiger partial charge in [0.1, 0.15) is 5.76 Å². The highest BCUT2D eigenvalue weighted by atomic mass is 35.5. The molecule has 0 saturated carbocycles. The molecule has 126 valence electrons. The fourth-order valence-electron chi connectivity index (χ4n) is 2.14. The van der Waals surface area contributed by atoms with Crippen LogP contribution in [0.25, 0.3) is 11.3 Å². The van der Waals surface area contributed by atoms with Crippen molar-refractivity contribution in [2.75, 3.05) is 5.32 Å². The molecule has 1 heterocycles. The van der Waals surface area contributed by atoms with Gasteiger partial charge in [-0.05, 0) is 42.5 Å². The maximum atomic E-state index is 12.3. The maximum absolute atomic E-state index is 12.3. The van der Waals surface area contributed by atoms with Gasteiger partial charge in [-0.3, -0.25) is 14.9 Å². The second kappa shape index (κ2) is 6.96. The van der Waals surface area contributed by atoms with E-state index in [9.17, 15) is 14.9 Å². The summed E-state index contributed by atoms with van der Waals surface area (Å²) in [4.78, 5) is 22.4. The number of carbonyl (C=O) groups is 1. The smallest absolute Gasteiger partial charge is 0.291 e. The summed E-state index contributed by atoms with van der Waals surface area (Å²) < 4.78 is 5.52. The number of anilines is 1. The average Bonchev–Trinajstić information content (AvgIpc) is 3.07. The Labute approximate surface area is 152 Å². The van der Waals surface area contributed by atoms with Crippen LogP contribution in [-0.4, -0.2) is 10.8 Å². The van der Waals surface area contributed by atoms with E-state index in [1.165, 1.54) is 24.3 Å². The molecule has 8 heteroatoms. The van der Waals surface area contributed by atoms with Gasteiger partial charge in [-0.1, -0.05) is 23.2 Å². The maximum Gasteiger partial charge on any atom is 0.291 e. The summed E-state index contributed by atoms with van der Waals surface area (Å²) >= 11 is 11.8. The summed E-state index contributed by atoms with van der Waals surface area (Å²) in [6, 6.07) is 13.7. The van der Waals surface area contributed by atoms with E-state index < -0.39 is 10.8 Å². The summed E-state index contributed by atoms with van der Waals surface area (Å²) in [5.41, 5.74) is 1.00. The predicted octanol–water partition coefficient (Wildman–Crippen LogP) is 5.41. The molecule has 0 aliphatic carbocycles. The van der Waals surface area contributed by atoms with Gasteiger partial charge in [0.05, 0.1) is 15.6 Å². The minimum absolute atomic E-state index is 0.0225. The van der Waals surface area contributed by atoms with E-state index in [-0.39, 0.29) is 11.4 Å². The largest absolute Gasteiger partial charge is 0.451 e. The third-order valence-corrected chi connectivity index (χ3v) is 3.92. The quantitative estimate of drug-likeness (QED) is 0.486. The number of carbonyl (C=O) groups excluding carboxylic acids is 1. The van der Waals surface area contributed by atoms with Crippen molar-refractivity contribution < 1.29 is 14.1 Å². The zero-order valence-electron chi connectivity index (χ0n) is 12.5. The molecule has 0 saturated heterocycles. The van der Waals surface area contributed by atoms with E-state index in [4.69, 9.17) is 27.6 Å². The Kier molecular flexibility index (Phi) is 4.74. The van der Waals surface area contributed by atoms with Crippen molar-refractivity contribution in [3.63, 3.8) is 0 Å². The molecule has 0 radical (unpaired) electrons. The molecule has 0 spiro atoms. The highest BCUT2D eigenvalue weighted by Crippen LogP contribution is 2.27. The molecular weight excluding hydrogens is 367 g/mol. The number of nitrogens with zero attached hydrogens (tertiary/aromatic N) is 1. The predicted molar refractivity (Wildman–Crippen MR) is 95.2 cm³/mol. The molecule has 3 rings (SSSR count). The van der Waals surface area contributed by atoms with Gasteiger partial charge < -0.3 is 9.73 Å². The number of nitro groups is 1. The molecule has 2 aromatic carbocycles. The van der Waals surface area contributed by atoms with E-state index in [0.29, 0.717) is 27.1 Å². The van der Waals surface area contributed by atoms with Gasteiger partial charge in [0, 0.05) is 22.7 Å². The van der Waals surface area contributed by atoms with Crippen LogP contribution in [0.3, 0.4) is 0 Å². The monoisotopic (exact) mass is 376 g/mol. The number of amides is 1. The second-order valence-electron chi connectivity index (χ2n) is 5.05. The van der Waals surface area contributed by atoms with Crippen LogP contribution in [0.15, 0.2) is 59.0 Å². The van der Waals surface area contributed by atoms with Gasteiger partial charge in [-0.25, -0.2) is 0 Å². The fraction of sp³-hybridized carbons (Fsp3) is 0. The van der Waals surface area contributed by atoms with Gasteiger partial charge in [-0.15, -0.1) is 0 Å². The number of hydrogen-bond donors (Lipinski definition) is 1. The zero-order chi connectivity index (χ0) is 18.0. The molecule has 1 aromatic heterocycles. The lowest BCUT2D eigenvalue weighted by Gasteiger charge is -2.05. The number of rotatable bonds is 4. The molecule has 0 bridgehead atoms. The van der Waals surface area contributed by atoms with E-state index >= 15 is 0 Å². The SMILES string of the molecule is O=C(Nc1ccc(Cl)cc1Cl)c1ccc(-c2ccc([N+](=O)[O-])cc2)o1. The lowest BCUT2D eigenvalue weighted by Crippen LogP contribution is -2.11. The summed E-state index contributed by atoms with van der Waals surface area (Å²) in [6.07, 6.45) is 0. The molecule has 1 N–H and O–H groups in total. The minimum Gasteiger partial charge on any atom is -0.451 e. The van der Waals surface area contributed by atoms with Gasteiger partial charge in [0.25, 0.3) is 11.6 Å². The fourth-order valence-corrected chi connectivity index (χ4v) is 2.59. The number of hydrogen-bond acceptors (Lipinski definition) is 4. The summed E-state index contributed by atoms with van der Waals surface area (Å²) in [5, 5.41) is 14.1.